The molecule has 0 N–H and O–H groups in total. The second-order valence-corrected chi connectivity index (χ2v) is 19.4. The lowest BCUT2D eigenvalue weighted by Crippen LogP contribution is -2.16. The van der Waals surface area contributed by atoms with Gasteiger partial charge in [-0.2, -0.15) is 0 Å². The molecule has 0 saturated heterocycles. The standard InChI is InChI=1S/C63H41NOS/c1-63(2)56-26-12-9-22-47(56)48-33-31-39(35-57(48)63)64(58-27-15-25-51-49-23-10-13-28-59(49)65-62(51)58)38-30-32-46-52(34-38)44-20-7-5-18-42(44)40-16-3-4-17-41(40)43-19-6-8-21-45(43)53-36-55-50-24-11-14-29-60(50)66-61(55)37-54(46)53/h3-37H,1-2H3. The Labute approximate surface area is 385 Å². The Morgan fingerprint density at radius 2 is 0.864 bits per heavy atom. The van der Waals surface area contributed by atoms with Crippen LogP contribution < -0.4 is 4.90 Å². The van der Waals surface area contributed by atoms with Crippen molar-refractivity contribution in [2.75, 3.05) is 4.90 Å². The normalized spacial score (nSPS) is 13.1. The van der Waals surface area contributed by atoms with E-state index in [2.05, 4.69) is 231 Å². The maximum atomic E-state index is 6.87. The van der Waals surface area contributed by atoms with Crippen LogP contribution in [0, 0.1) is 0 Å². The first kappa shape index (κ1) is 37.4. The van der Waals surface area contributed by atoms with Gasteiger partial charge >= 0.3 is 0 Å². The summed E-state index contributed by atoms with van der Waals surface area (Å²) in [5.74, 6) is 0. The van der Waals surface area contributed by atoms with E-state index in [1.165, 1.54) is 96.3 Å². The molecule has 2 aromatic heterocycles. The molecule has 0 atom stereocenters. The molecule has 14 rings (SSSR count). The van der Waals surface area contributed by atoms with Crippen LogP contribution in [0.2, 0.25) is 0 Å². The summed E-state index contributed by atoms with van der Waals surface area (Å²) in [7, 11) is 0. The van der Waals surface area contributed by atoms with E-state index in [0.29, 0.717) is 0 Å². The van der Waals surface area contributed by atoms with Gasteiger partial charge in [0.25, 0.3) is 0 Å². The summed E-state index contributed by atoms with van der Waals surface area (Å²) in [5.41, 5.74) is 10.0. The fraction of sp³-hybridized carbons (Fsp3) is 0.0476. The third kappa shape index (κ3) is 5.35. The number of nitrogens with zero attached hydrogens (tertiary/aromatic N) is 1. The largest absolute Gasteiger partial charge is 0.454 e. The zero-order valence-electron chi connectivity index (χ0n) is 36.5. The summed E-state index contributed by atoms with van der Waals surface area (Å²) in [5, 5.41) is 16.9. The minimum atomic E-state index is -0.175. The number of para-hydroxylation sites is 2. The second-order valence-electron chi connectivity index (χ2n) is 18.3. The number of hydrogen-bond donors (Lipinski definition) is 0. The number of fused-ring (bicyclic) bond motifs is 19. The number of thiophene rings is 1. The SMILES string of the molecule is CC1(C)c2ccccc2-c2ccc(N(c3ccc4c(c3)c3ccccc3c3ccccc3c3ccccc3c3cc5c(cc43)sc3ccccc35)c3cccc4c3oc3ccccc34)cc21. The van der Waals surface area contributed by atoms with Gasteiger partial charge in [-0.1, -0.05) is 172 Å². The summed E-state index contributed by atoms with van der Waals surface area (Å²) in [6, 6.07) is 78.8. The predicted octanol–water partition coefficient (Wildman–Crippen LogP) is 18.6. The molecule has 2 nitrogen and oxygen atoms in total. The summed E-state index contributed by atoms with van der Waals surface area (Å²) in [6.07, 6.45) is 0. The summed E-state index contributed by atoms with van der Waals surface area (Å²) < 4.78 is 9.46. The summed E-state index contributed by atoms with van der Waals surface area (Å²) in [4.78, 5) is 2.44. The first-order chi connectivity index (χ1) is 32.5. The van der Waals surface area contributed by atoms with Crippen LogP contribution in [0.15, 0.2) is 217 Å². The van der Waals surface area contributed by atoms with Crippen molar-refractivity contribution in [3.63, 3.8) is 0 Å². The number of hydrogen-bond acceptors (Lipinski definition) is 3. The molecule has 11 aromatic carbocycles. The molecule has 0 aliphatic heterocycles. The van der Waals surface area contributed by atoms with E-state index >= 15 is 0 Å². The summed E-state index contributed by atoms with van der Waals surface area (Å²) >= 11 is 1.88. The number of anilines is 3. The van der Waals surface area contributed by atoms with Crippen molar-refractivity contribution in [3.05, 3.63) is 223 Å². The van der Waals surface area contributed by atoms with Gasteiger partial charge in [-0.25, -0.2) is 0 Å². The Kier molecular flexibility index (Phi) is 7.94. The van der Waals surface area contributed by atoms with Crippen molar-refractivity contribution in [1.82, 2.24) is 0 Å². The maximum absolute atomic E-state index is 6.87. The molecule has 310 valence electrons. The van der Waals surface area contributed by atoms with Crippen molar-refractivity contribution in [3.8, 4) is 11.1 Å². The van der Waals surface area contributed by atoms with Crippen LogP contribution in [0.3, 0.4) is 0 Å². The molecule has 0 saturated carbocycles. The smallest absolute Gasteiger partial charge is 0.159 e. The lowest BCUT2D eigenvalue weighted by Gasteiger charge is -2.28. The maximum Gasteiger partial charge on any atom is 0.159 e. The lowest BCUT2D eigenvalue weighted by molar-refractivity contribution is 0.660. The van der Waals surface area contributed by atoms with Gasteiger partial charge in [0.2, 0.25) is 0 Å². The van der Waals surface area contributed by atoms with Crippen molar-refractivity contribution in [1.29, 1.82) is 0 Å². The number of benzene rings is 10. The minimum Gasteiger partial charge on any atom is -0.454 e. The highest BCUT2D eigenvalue weighted by molar-refractivity contribution is 7.25. The molecule has 0 bridgehead atoms. The first-order valence-electron chi connectivity index (χ1n) is 22.8. The topological polar surface area (TPSA) is 16.4 Å². The molecule has 1 aliphatic rings. The minimum absolute atomic E-state index is 0.175. The van der Waals surface area contributed by atoms with Crippen LogP contribution >= 0.6 is 11.3 Å². The molecule has 0 spiro atoms. The highest BCUT2D eigenvalue weighted by Gasteiger charge is 2.36. The van der Waals surface area contributed by atoms with Gasteiger partial charge < -0.3 is 9.32 Å². The molecule has 1 aliphatic carbocycles. The Hall–Kier alpha value is -7.98. The van der Waals surface area contributed by atoms with Crippen LogP contribution in [0.5, 0.6) is 0 Å². The predicted molar refractivity (Wildman–Crippen MR) is 284 cm³/mol. The Bertz CT molecular complexity index is 4280. The van der Waals surface area contributed by atoms with Gasteiger partial charge in [0.15, 0.2) is 5.58 Å². The Morgan fingerprint density at radius 1 is 0.348 bits per heavy atom. The van der Waals surface area contributed by atoms with E-state index in [-0.39, 0.29) is 5.41 Å². The van der Waals surface area contributed by atoms with E-state index in [1.807, 2.05) is 11.3 Å². The third-order valence-corrected chi connectivity index (χ3v) is 15.6. The second kappa shape index (κ2) is 14.0. The fourth-order valence-corrected chi connectivity index (χ4v) is 12.5. The zero-order chi connectivity index (χ0) is 43.7. The highest BCUT2D eigenvalue weighted by atomic mass is 32.1. The quantitative estimate of drug-likeness (QED) is 0.176. The van der Waals surface area contributed by atoms with E-state index in [0.717, 1.165) is 39.0 Å². The van der Waals surface area contributed by atoms with E-state index < -0.39 is 0 Å². The average Bonchev–Trinajstić information content (AvgIpc) is 4.01. The van der Waals surface area contributed by atoms with Gasteiger partial charge in [0.05, 0.1) is 5.69 Å². The van der Waals surface area contributed by atoms with Gasteiger partial charge in [-0.3, -0.25) is 0 Å². The van der Waals surface area contributed by atoms with E-state index in [1.54, 1.807) is 0 Å². The molecule has 0 radical (unpaired) electrons. The number of rotatable bonds is 3. The van der Waals surface area contributed by atoms with Gasteiger partial charge in [0, 0.05) is 47.7 Å². The average molecular weight is 860 g/mol. The third-order valence-electron chi connectivity index (χ3n) is 14.5. The number of furan rings is 1. The Morgan fingerprint density at radius 3 is 1.59 bits per heavy atom. The van der Waals surface area contributed by atoms with Crippen molar-refractivity contribution < 1.29 is 4.42 Å². The van der Waals surface area contributed by atoms with Crippen LogP contribution in [-0.2, 0) is 5.41 Å². The Balaban J connectivity index is 1.15. The van der Waals surface area contributed by atoms with Gasteiger partial charge in [0.1, 0.15) is 5.58 Å². The molecule has 66 heavy (non-hydrogen) atoms. The van der Waals surface area contributed by atoms with E-state index in [4.69, 9.17) is 4.42 Å². The van der Waals surface area contributed by atoms with E-state index in [9.17, 15) is 0 Å². The molecule has 0 unspecified atom stereocenters. The zero-order valence-corrected chi connectivity index (χ0v) is 37.3. The molecule has 3 heteroatoms. The van der Waals surface area contributed by atoms with Crippen LogP contribution in [0.1, 0.15) is 25.0 Å². The molecule has 0 fully saturated rings. The molecular formula is C63H41NOS. The van der Waals surface area contributed by atoms with Crippen molar-refractivity contribution >= 4 is 124 Å². The van der Waals surface area contributed by atoms with Gasteiger partial charge in [-0.05, 0) is 131 Å². The van der Waals surface area contributed by atoms with Crippen LogP contribution in [0.25, 0.3) is 107 Å². The fourth-order valence-electron chi connectivity index (χ4n) is 11.4. The highest BCUT2D eigenvalue weighted by Crippen LogP contribution is 2.52. The molecule has 2 heterocycles. The molecule has 13 aromatic rings. The summed E-state index contributed by atoms with van der Waals surface area (Å²) in [6.45, 7) is 4.72. The first-order valence-corrected chi connectivity index (χ1v) is 23.6. The van der Waals surface area contributed by atoms with Crippen molar-refractivity contribution in [2.24, 2.45) is 0 Å². The van der Waals surface area contributed by atoms with Crippen LogP contribution in [0.4, 0.5) is 17.1 Å². The molecule has 0 amide bonds. The molecular weight excluding hydrogens is 819 g/mol. The van der Waals surface area contributed by atoms with Crippen LogP contribution in [-0.4, -0.2) is 0 Å². The van der Waals surface area contributed by atoms with Crippen molar-refractivity contribution in [2.45, 2.75) is 19.3 Å². The van der Waals surface area contributed by atoms with Gasteiger partial charge in [-0.15, -0.1) is 11.3 Å². The lowest BCUT2D eigenvalue weighted by atomic mass is 9.82. The monoisotopic (exact) mass is 859 g/mol.